The molecule has 5 rings (SSSR count). The van der Waals surface area contributed by atoms with Gasteiger partial charge in [0.15, 0.2) is 0 Å². The molecule has 0 bridgehead atoms. The van der Waals surface area contributed by atoms with Crippen molar-refractivity contribution >= 4 is 33.0 Å². The van der Waals surface area contributed by atoms with Gasteiger partial charge in [-0.2, -0.15) is 18.2 Å². The normalized spacial score (nSPS) is 21.1. The Morgan fingerprint density at radius 1 is 1.26 bits per heavy atom. The average molecular weight is 498 g/mol. The predicted molar refractivity (Wildman–Crippen MR) is 119 cm³/mol. The third-order valence-corrected chi connectivity index (χ3v) is 7.25. The molecule has 2 fully saturated rings. The number of piperidine rings is 1. The van der Waals surface area contributed by atoms with Crippen LogP contribution in [0, 0.1) is 5.92 Å². The zero-order valence-corrected chi connectivity index (χ0v) is 18.9. The summed E-state index contributed by atoms with van der Waals surface area (Å²) in [5.41, 5.74) is 0.625. The lowest BCUT2D eigenvalue weighted by molar-refractivity contribution is -0.127. The zero-order chi connectivity index (χ0) is 23.9. The van der Waals surface area contributed by atoms with Crippen LogP contribution in [0.5, 0.6) is 0 Å². The number of fused-ring (bicyclic) bond motifs is 1. The van der Waals surface area contributed by atoms with Crippen molar-refractivity contribution in [2.24, 2.45) is 5.92 Å². The average Bonchev–Trinajstić information content (AvgIpc) is 3.44. The Kier molecular flexibility index (Phi) is 6.19. The van der Waals surface area contributed by atoms with Gasteiger partial charge in [-0.3, -0.25) is 4.79 Å². The van der Waals surface area contributed by atoms with Crippen molar-refractivity contribution in [3.8, 4) is 10.7 Å². The maximum atomic E-state index is 14.4. The van der Waals surface area contributed by atoms with E-state index in [1.807, 2.05) is 0 Å². The van der Waals surface area contributed by atoms with Crippen LogP contribution in [0.2, 0.25) is 0 Å². The Labute approximate surface area is 196 Å². The maximum Gasteiger partial charge on any atom is 0.393 e. The standard InChI is InChI=1S/C22H23F4N5O2S/c23-14-9-27-7-6-15(14)29-16-3-1-2-12-13(8-22(24,25)26)19(34-18(12)16)20-30-17(33-31-20)10-28-21(32)11-4-5-11/h1-3,11,14-15,27,29H,4-10H2,(H,28,32)/t14-,15+/m0/s1. The summed E-state index contributed by atoms with van der Waals surface area (Å²) >= 11 is 1.11. The summed E-state index contributed by atoms with van der Waals surface area (Å²) in [6, 6.07) is 4.58. The first-order valence-electron chi connectivity index (χ1n) is 11.1. The van der Waals surface area contributed by atoms with E-state index < -0.39 is 24.8 Å². The summed E-state index contributed by atoms with van der Waals surface area (Å²) in [5.74, 6) is 0.0670. The van der Waals surface area contributed by atoms with E-state index in [9.17, 15) is 22.4 Å². The number of nitrogens with zero attached hydrogens (tertiary/aromatic N) is 2. The van der Waals surface area contributed by atoms with E-state index in [2.05, 4.69) is 26.1 Å². The minimum absolute atomic E-state index is 0.0122. The molecule has 1 saturated heterocycles. The quantitative estimate of drug-likeness (QED) is 0.424. The first-order chi connectivity index (χ1) is 16.3. The Morgan fingerprint density at radius 3 is 2.82 bits per heavy atom. The smallest absolute Gasteiger partial charge is 0.378 e. The molecule has 7 nitrogen and oxygen atoms in total. The van der Waals surface area contributed by atoms with Crippen molar-refractivity contribution in [2.75, 3.05) is 18.4 Å². The van der Waals surface area contributed by atoms with Crippen molar-refractivity contribution in [3.63, 3.8) is 0 Å². The summed E-state index contributed by atoms with van der Waals surface area (Å²) < 4.78 is 60.6. The fourth-order valence-electron chi connectivity index (χ4n) is 4.10. The summed E-state index contributed by atoms with van der Waals surface area (Å²) in [6.45, 7) is 0.903. The van der Waals surface area contributed by atoms with Gasteiger partial charge in [-0.05, 0) is 42.8 Å². The number of carbonyl (C=O) groups is 1. The summed E-state index contributed by atoms with van der Waals surface area (Å²) in [6.07, 6.45) is -4.46. The van der Waals surface area contributed by atoms with E-state index in [0.717, 1.165) is 24.2 Å². The lowest BCUT2D eigenvalue weighted by Gasteiger charge is -2.28. The summed E-state index contributed by atoms with van der Waals surface area (Å²) in [7, 11) is 0. The van der Waals surface area contributed by atoms with Crippen molar-refractivity contribution < 1.29 is 26.9 Å². The Bertz CT molecular complexity index is 1190. The van der Waals surface area contributed by atoms with E-state index in [-0.39, 0.29) is 47.1 Å². The number of benzene rings is 1. The highest BCUT2D eigenvalue weighted by Crippen LogP contribution is 2.43. The van der Waals surface area contributed by atoms with Crippen LogP contribution in [-0.4, -0.2) is 47.5 Å². The van der Waals surface area contributed by atoms with Crippen LogP contribution in [0.3, 0.4) is 0 Å². The number of nitrogens with one attached hydrogen (secondary N) is 3. The van der Waals surface area contributed by atoms with Crippen LogP contribution in [0.1, 0.15) is 30.7 Å². The molecule has 1 aromatic carbocycles. The topological polar surface area (TPSA) is 92.1 Å². The molecule has 1 aliphatic carbocycles. The largest absolute Gasteiger partial charge is 0.393 e. The third kappa shape index (κ3) is 5.02. The molecule has 3 heterocycles. The number of thiophene rings is 1. The number of alkyl halides is 4. The second-order valence-electron chi connectivity index (χ2n) is 8.65. The Balaban J connectivity index is 1.47. The number of halogens is 4. The van der Waals surface area contributed by atoms with Gasteiger partial charge in [0, 0.05) is 12.5 Å². The lowest BCUT2D eigenvalue weighted by Crippen LogP contribution is -2.45. The van der Waals surface area contributed by atoms with Gasteiger partial charge in [-0.1, -0.05) is 17.3 Å². The second kappa shape index (κ2) is 9.14. The van der Waals surface area contributed by atoms with Gasteiger partial charge in [-0.15, -0.1) is 11.3 Å². The van der Waals surface area contributed by atoms with Crippen molar-refractivity contribution in [1.29, 1.82) is 0 Å². The van der Waals surface area contributed by atoms with Crippen molar-refractivity contribution in [3.05, 3.63) is 29.7 Å². The van der Waals surface area contributed by atoms with E-state index in [1.54, 1.807) is 18.2 Å². The molecule has 2 atom stereocenters. The van der Waals surface area contributed by atoms with Crippen LogP contribution in [0.4, 0.5) is 23.2 Å². The Morgan fingerprint density at radius 2 is 2.09 bits per heavy atom. The van der Waals surface area contributed by atoms with E-state index in [0.29, 0.717) is 28.7 Å². The second-order valence-corrected chi connectivity index (χ2v) is 9.67. The van der Waals surface area contributed by atoms with Gasteiger partial charge in [0.05, 0.1) is 34.3 Å². The van der Waals surface area contributed by atoms with Crippen molar-refractivity contribution in [1.82, 2.24) is 20.8 Å². The number of carbonyl (C=O) groups excluding carboxylic acids is 1. The highest BCUT2D eigenvalue weighted by molar-refractivity contribution is 7.23. The lowest BCUT2D eigenvalue weighted by atomic mass is 10.0. The minimum atomic E-state index is -4.45. The number of amides is 1. The molecule has 1 aliphatic heterocycles. The van der Waals surface area contributed by atoms with Crippen LogP contribution >= 0.6 is 11.3 Å². The summed E-state index contributed by atoms with van der Waals surface area (Å²) in [5, 5.41) is 13.2. The number of hydrogen-bond acceptors (Lipinski definition) is 7. The van der Waals surface area contributed by atoms with E-state index >= 15 is 0 Å². The predicted octanol–water partition coefficient (Wildman–Crippen LogP) is 4.19. The number of rotatable bonds is 7. The molecule has 2 aliphatic rings. The fraction of sp³-hybridized carbons (Fsp3) is 0.500. The van der Waals surface area contributed by atoms with Gasteiger partial charge >= 0.3 is 6.18 Å². The first-order valence-corrected chi connectivity index (χ1v) is 11.9. The monoisotopic (exact) mass is 497 g/mol. The molecule has 3 aromatic rings. The molecule has 34 heavy (non-hydrogen) atoms. The van der Waals surface area contributed by atoms with Gasteiger partial charge in [-0.25, -0.2) is 4.39 Å². The molecule has 0 radical (unpaired) electrons. The molecule has 0 spiro atoms. The van der Waals surface area contributed by atoms with Crippen LogP contribution < -0.4 is 16.0 Å². The van der Waals surface area contributed by atoms with Gasteiger partial charge in [0.25, 0.3) is 0 Å². The van der Waals surface area contributed by atoms with Crippen molar-refractivity contribution in [2.45, 2.75) is 50.6 Å². The maximum absolute atomic E-state index is 14.4. The van der Waals surface area contributed by atoms with E-state index in [4.69, 9.17) is 4.52 Å². The van der Waals surface area contributed by atoms with Gasteiger partial charge in [0.2, 0.25) is 17.6 Å². The molecular formula is C22H23F4N5O2S. The summed E-state index contributed by atoms with van der Waals surface area (Å²) in [4.78, 5) is 16.3. The molecule has 182 valence electrons. The van der Waals surface area contributed by atoms with Crippen LogP contribution in [0.25, 0.3) is 20.8 Å². The molecule has 1 amide bonds. The highest BCUT2D eigenvalue weighted by Gasteiger charge is 2.34. The van der Waals surface area contributed by atoms with Crippen LogP contribution in [-0.2, 0) is 17.8 Å². The molecular weight excluding hydrogens is 474 g/mol. The van der Waals surface area contributed by atoms with Gasteiger partial charge < -0.3 is 20.5 Å². The minimum Gasteiger partial charge on any atom is -0.378 e. The number of hydrogen-bond donors (Lipinski definition) is 3. The molecule has 0 unspecified atom stereocenters. The van der Waals surface area contributed by atoms with E-state index in [1.165, 1.54) is 0 Å². The SMILES string of the molecule is O=C(NCc1nc(-c2sc3c(N[C@@H]4CCNC[C@@H]4F)cccc3c2CC(F)(F)F)no1)C1CC1. The molecule has 2 aromatic heterocycles. The highest BCUT2D eigenvalue weighted by atomic mass is 32.1. The van der Waals surface area contributed by atoms with Crippen LogP contribution in [0.15, 0.2) is 22.7 Å². The number of aromatic nitrogens is 2. The Hall–Kier alpha value is -2.73. The first kappa shape index (κ1) is 23.0. The van der Waals surface area contributed by atoms with Gasteiger partial charge in [0.1, 0.15) is 6.17 Å². The third-order valence-electron chi connectivity index (χ3n) is 5.98. The molecule has 1 saturated carbocycles. The number of anilines is 1. The fourth-order valence-corrected chi connectivity index (χ4v) is 5.32. The molecule has 3 N–H and O–H groups in total. The zero-order valence-electron chi connectivity index (χ0n) is 18.0. The molecule has 12 heteroatoms.